The van der Waals surface area contributed by atoms with Crippen LogP contribution in [0, 0.1) is 0 Å². The SMILES string of the molecule is COc1cc(OC)c2c3c([nH]c2c1)CCN(C)CC3. The van der Waals surface area contributed by atoms with E-state index in [4.69, 9.17) is 9.47 Å². The largest absolute Gasteiger partial charge is 0.497 e. The van der Waals surface area contributed by atoms with E-state index in [1.54, 1.807) is 14.2 Å². The average molecular weight is 260 g/mol. The Morgan fingerprint density at radius 1 is 1.11 bits per heavy atom. The van der Waals surface area contributed by atoms with Crippen molar-refractivity contribution in [2.45, 2.75) is 12.8 Å². The number of hydrogen-bond acceptors (Lipinski definition) is 3. The van der Waals surface area contributed by atoms with Crippen LogP contribution in [-0.4, -0.2) is 44.2 Å². The molecule has 0 fully saturated rings. The maximum atomic E-state index is 5.55. The lowest BCUT2D eigenvalue weighted by atomic mass is 10.1. The fourth-order valence-corrected chi connectivity index (χ4v) is 2.87. The fraction of sp³-hybridized carbons (Fsp3) is 0.467. The number of aromatic amines is 1. The minimum atomic E-state index is 0.831. The van der Waals surface area contributed by atoms with Gasteiger partial charge in [-0.2, -0.15) is 0 Å². The van der Waals surface area contributed by atoms with Gasteiger partial charge in [-0.15, -0.1) is 0 Å². The molecule has 0 aliphatic carbocycles. The summed E-state index contributed by atoms with van der Waals surface area (Å²) >= 11 is 0. The number of nitrogens with one attached hydrogen (secondary N) is 1. The fourth-order valence-electron chi connectivity index (χ4n) is 2.87. The molecule has 4 nitrogen and oxygen atoms in total. The van der Waals surface area contributed by atoms with Gasteiger partial charge in [-0.1, -0.05) is 0 Å². The van der Waals surface area contributed by atoms with Crippen molar-refractivity contribution in [2.24, 2.45) is 0 Å². The summed E-state index contributed by atoms with van der Waals surface area (Å²) in [4.78, 5) is 5.91. The lowest BCUT2D eigenvalue weighted by Gasteiger charge is -2.12. The minimum absolute atomic E-state index is 0.831. The van der Waals surface area contributed by atoms with Crippen LogP contribution < -0.4 is 9.47 Å². The average Bonchev–Trinajstić information content (AvgIpc) is 2.69. The van der Waals surface area contributed by atoms with Gasteiger partial charge in [-0.3, -0.25) is 0 Å². The van der Waals surface area contributed by atoms with E-state index >= 15 is 0 Å². The lowest BCUT2D eigenvalue weighted by Crippen LogP contribution is -2.21. The van der Waals surface area contributed by atoms with E-state index < -0.39 is 0 Å². The molecule has 0 saturated heterocycles. The van der Waals surface area contributed by atoms with E-state index in [0.29, 0.717) is 0 Å². The molecule has 0 amide bonds. The van der Waals surface area contributed by atoms with Crippen LogP contribution in [0.1, 0.15) is 11.3 Å². The Kier molecular flexibility index (Phi) is 3.11. The third-order valence-electron chi connectivity index (χ3n) is 3.97. The highest BCUT2D eigenvalue weighted by Crippen LogP contribution is 2.36. The summed E-state index contributed by atoms with van der Waals surface area (Å²) in [5.41, 5.74) is 3.86. The van der Waals surface area contributed by atoms with Gasteiger partial charge in [0.15, 0.2) is 0 Å². The van der Waals surface area contributed by atoms with Crippen molar-refractivity contribution >= 4 is 10.9 Å². The molecule has 0 spiro atoms. The number of fused-ring (bicyclic) bond motifs is 3. The van der Waals surface area contributed by atoms with Crippen LogP contribution in [0.15, 0.2) is 12.1 Å². The predicted octanol–water partition coefficient (Wildman–Crippen LogP) is 2.22. The third kappa shape index (κ3) is 2.06. The maximum Gasteiger partial charge on any atom is 0.132 e. The molecule has 2 heterocycles. The number of ether oxygens (including phenoxy) is 2. The number of hydrogen-bond donors (Lipinski definition) is 1. The first-order chi connectivity index (χ1) is 9.22. The van der Waals surface area contributed by atoms with E-state index in [2.05, 4.69) is 23.0 Å². The molecule has 1 aliphatic heterocycles. The van der Waals surface area contributed by atoms with Crippen molar-refractivity contribution in [3.05, 3.63) is 23.4 Å². The molecule has 4 heteroatoms. The Hall–Kier alpha value is -1.68. The molecule has 102 valence electrons. The van der Waals surface area contributed by atoms with Crippen LogP contribution >= 0.6 is 0 Å². The van der Waals surface area contributed by atoms with Crippen molar-refractivity contribution in [1.82, 2.24) is 9.88 Å². The lowest BCUT2D eigenvalue weighted by molar-refractivity contribution is 0.351. The number of rotatable bonds is 2. The van der Waals surface area contributed by atoms with Crippen molar-refractivity contribution < 1.29 is 9.47 Å². The number of nitrogens with zero attached hydrogens (tertiary/aromatic N) is 1. The summed E-state index contributed by atoms with van der Waals surface area (Å²) in [7, 11) is 5.58. The zero-order valence-corrected chi connectivity index (χ0v) is 11.7. The predicted molar refractivity (Wildman–Crippen MR) is 76.3 cm³/mol. The molecule has 0 radical (unpaired) electrons. The number of H-pyrrole nitrogens is 1. The van der Waals surface area contributed by atoms with E-state index in [-0.39, 0.29) is 0 Å². The molecular formula is C15H20N2O2. The molecule has 0 bridgehead atoms. The first-order valence-electron chi connectivity index (χ1n) is 6.67. The normalized spacial score (nSPS) is 16.2. The summed E-state index contributed by atoms with van der Waals surface area (Å²) < 4.78 is 10.9. The van der Waals surface area contributed by atoms with Gasteiger partial charge in [-0.05, 0) is 19.0 Å². The zero-order valence-electron chi connectivity index (χ0n) is 11.7. The first kappa shape index (κ1) is 12.4. The molecule has 0 atom stereocenters. The van der Waals surface area contributed by atoms with Crippen LogP contribution in [-0.2, 0) is 12.8 Å². The monoisotopic (exact) mass is 260 g/mol. The summed E-state index contributed by atoms with van der Waals surface area (Å²) in [5.74, 6) is 1.73. The second-order valence-electron chi connectivity index (χ2n) is 5.14. The van der Waals surface area contributed by atoms with Gasteiger partial charge in [-0.25, -0.2) is 0 Å². The highest BCUT2D eigenvalue weighted by molar-refractivity contribution is 5.92. The second-order valence-corrected chi connectivity index (χ2v) is 5.14. The number of methoxy groups -OCH3 is 2. The topological polar surface area (TPSA) is 37.5 Å². The van der Waals surface area contributed by atoms with Gasteiger partial charge in [0.2, 0.25) is 0 Å². The van der Waals surface area contributed by atoms with Gasteiger partial charge in [0.05, 0.1) is 19.7 Å². The molecule has 0 saturated carbocycles. The number of benzene rings is 1. The Balaban J connectivity index is 2.19. The second kappa shape index (κ2) is 4.78. The van der Waals surface area contributed by atoms with E-state index in [0.717, 1.165) is 42.9 Å². The molecule has 19 heavy (non-hydrogen) atoms. The highest BCUT2D eigenvalue weighted by Gasteiger charge is 2.19. The van der Waals surface area contributed by atoms with E-state index in [9.17, 15) is 0 Å². The smallest absolute Gasteiger partial charge is 0.132 e. The van der Waals surface area contributed by atoms with Gasteiger partial charge >= 0.3 is 0 Å². The summed E-state index contributed by atoms with van der Waals surface area (Å²) in [6, 6.07) is 4.02. The minimum Gasteiger partial charge on any atom is -0.497 e. The molecule has 1 N–H and O–H groups in total. The third-order valence-corrected chi connectivity index (χ3v) is 3.97. The summed E-state index contributed by atoms with van der Waals surface area (Å²) in [6.07, 6.45) is 2.13. The molecule has 1 aromatic heterocycles. The molecule has 3 rings (SSSR count). The van der Waals surface area contributed by atoms with Crippen molar-refractivity contribution in [3.63, 3.8) is 0 Å². The van der Waals surface area contributed by atoms with Gasteiger partial charge in [0.25, 0.3) is 0 Å². The van der Waals surface area contributed by atoms with Crippen molar-refractivity contribution in [3.8, 4) is 11.5 Å². The van der Waals surface area contributed by atoms with E-state index in [1.807, 2.05) is 6.07 Å². The maximum absolute atomic E-state index is 5.55. The Morgan fingerprint density at radius 2 is 1.89 bits per heavy atom. The Bertz CT molecular complexity index is 604. The van der Waals surface area contributed by atoms with Gasteiger partial charge < -0.3 is 19.4 Å². The highest BCUT2D eigenvalue weighted by atomic mass is 16.5. The quantitative estimate of drug-likeness (QED) is 0.899. The molecule has 1 aliphatic rings. The van der Waals surface area contributed by atoms with Gasteiger partial charge in [0.1, 0.15) is 11.5 Å². The Morgan fingerprint density at radius 3 is 2.63 bits per heavy atom. The number of likely N-dealkylation sites (N-methyl/N-ethyl adjacent to an activating group) is 1. The molecular weight excluding hydrogens is 240 g/mol. The van der Waals surface area contributed by atoms with Crippen molar-refractivity contribution in [2.75, 3.05) is 34.4 Å². The molecule has 1 aromatic carbocycles. The molecule has 0 unspecified atom stereocenters. The van der Waals surface area contributed by atoms with Crippen LogP contribution in [0.2, 0.25) is 0 Å². The van der Waals surface area contributed by atoms with Crippen molar-refractivity contribution in [1.29, 1.82) is 0 Å². The van der Waals surface area contributed by atoms with Gasteiger partial charge in [0, 0.05) is 42.7 Å². The van der Waals surface area contributed by atoms with Crippen LogP contribution in [0.4, 0.5) is 0 Å². The Labute approximate surface area is 113 Å². The summed E-state index contributed by atoms with van der Waals surface area (Å²) in [5, 5.41) is 1.22. The van der Waals surface area contributed by atoms with Crippen LogP contribution in [0.5, 0.6) is 11.5 Å². The summed E-state index contributed by atoms with van der Waals surface area (Å²) in [6.45, 7) is 2.19. The van der Waals surface area contributed by atoms with Crippen LogP contribution in [0.25, 0.3) is 10.9 Å². The van der Waals surface area contributed by atoms with E-state index in [1.165, 1.54) is 16.6 Å². The zero-order chi connectivity index (χ0) is 13.4. The number of aromatic nitrogens is 1. The molecule has 2 aromatic rings. The standard InChI is InChI=1S/C15H20N2O2/c1-17-6-4-11-12(5-7-17)16-13-8-10(18-2)9-14(19-3)15(11)13/h8-9,16H,4-7H2,1-3H3. The first-order valence-corrected chi connectivity index (χ1v) is 6.67. The van der Waals surface area contributed by atoms with Crippen LogP contribution in [0.3, 0.4) is 0 Å².